The molecule has 0 saturated carbocycles. The van der Waals surface area contributed by atoms with Gasteiger partial charge >= 0.3 is 12.1 Å². The van der Waals surface area contributed by atoms with E-state index < -0.39 is 30.2 Å². The van der Waals surface area contributed by atoms with E-state index in [0.717, 1.165) is 37.1 Å². The minimum Gasteiger partial charge on any atom is -0.452 e. The highest BCUT2D eigenvalue weighted by Gasteiger charge is 2.30. The Kier molecular flexibility index (Phi) is 5.59. The van der Waals surface area contributed by atoms with Gasteiger partial charge in [0.1, 0.15) is 0 Å². The third-order valence-electron chi connectivity index (χ3n) is 3.33. The number of carbonyl (C=O) groups is 2. The lowest BCUT2D eigenvalue weighted by Gasteiger charge is -2.11. The van der Waals surface area contributed by atoms with E-state index in [-0.39, 0.29) is 11.7 Å². The molecule has 1 aliphatic rings. The number of hydrogen-bond donors (Lipinski definition) is 1. The van der Waals surface area contributed by atoms with Gasteiger partial charge in [-0.25, -0.2) is 4.79 Å². The summed E-state index contributed by atoms with van der Waals surface area (Å²) in [5, 5.41) is 2.57. The van der Waals surface area contributed by atoms with E-state index in [0.29, 0.717) is 13.2 Å². The average Bonchev–Trinajstić information content (AvgIpc) is 3.03. The van der Waals surface area contributed by atoms with Crippen molar-refractivity contribution >= 4 is 11.9 Å². The summed E-state index contributed by atoms with van der Waals surface area (Å²) >= 11 is 0. The normalized spacial score (nSPS) is 17.8. The molecule has 1 aromatic rings. The van der Waals surface area contributed by atoms with Crippen molar-refractivity contribution in [2.75, 3.05) is 19.8 Å². The Bertz CT molecular complexity index is 551. The van der Waals surface area contributed by atoms with Gasteiger partial charge in [-0.3, -0.25) is 4.79 Å². The molecule has 1 heterocycles. The SMILES string of the molecule is O=C(COC(=O)c1ccc(C(F)(F)F)cc1)NC[C@@H]1CCCO1. The molecule has 1 fully saturated rings. The molecule has 23 heavy (non-hydrogen) atoms. The Morgan fingerprint density at radius 2 is 1.96 bits per heavy atom. The fourth-order valence-corrected chi connectivity index (χ4v) is 2.09. The molecule has 0 aromatic heterocycles. The molecule has 0 unspecified atom stereocenters. The average molecular weight is 331 g/mol. The molecule has 1 atom stereocenters. The van der Waals surface area contributed by atoms with Crippen LogP contribution in [0.3, 0.4) is 0 Å². The number of carbonyl (C=O) groups excluding carboxylic acids is 2. The number of halogens is 3. The van der Waals surface area contributed by atoms with Crippen LogP contribution in [0.1, 0.15) is 28.8 Å². The lowest BCUT2D eigenvalue weighted by molar-refractivity contribution is -0.137. The van der Waals surface area contributed by atoms with Crippen molar-refractivity contribution in [1.82, 2.24) is 5.32 Å². The summed E-state index contributed by atoms with van der Waals surface area (Å²) in [6, 6.07) is 3.59. The molecule has 1 aromatic carbocycles. The van der Waals surface area contributed by atoms with Gasteiger partial charge < -0.3 is 14.8 Å². The minimum atomic E-state index is -4.47. The van der Waals surface area contributed by atoms with Crippen LogP contribution < -0.4 is 5.32 Å². The molecule has 1 N–H and O–H groups in total. The van der Waals surface area contributed by atoms with Crippen LogP contribution in [0.25, 0.3) is 0 Å². The Balaban J connectivity index is 1.76. The van der Waals surface area contributed by atoms with Crippen molar-refractivity contribution < 1.29 is 32.2 Å². The van der Waals surface area contributed by atoms with Crippen LogP contribution >= 0.6 is 0 Å². The van der Waals surface area contributed by atoms with Crippen LogP contribution in [-0.4, -0.2) is 37.7 Å². The van der Waals surface area contributed by atoms with Gasteiger partial charge in [-0.05, 0) is 37.1 Å². The summed E-state index contributed by atoms with van der Waals surface area (Å²) in [5.74, 6) is -1.34. The van der Waals surface area contributed by atoms with Gasteiger partial charge in [0.05, 0.1) is 17.2 Å². The second kappa shape index (κ2) is 7.45. The molecule has 8 heteroatoms. The first-order valence-electron chi connectivity index (χ1n) is 7.09. The monoisotopic (exact) mass is 331 g/mol. The Hall–Kier alpha value is -2.09. The predicted molar refractivity (Wildman–Crippen MR) is 73.7 cm³/mol. The smallest absolute Gasteiger partial charge is 0.416 e. The molecule has 0 bridgehead atoms. The number of esters is 1. The zero-order valence-electron chi connectivity index (χ0n) is 12.2. The summed E-state index contributed by atoms with van der Waals surface area (Å²) in [6.07, 6.45) is -2.68. The summed E-state index contributed by atoms with van der Waals surface area (Å²) in [4.78, 5) is 23.2. The van der Waals surface area contributed by atoms with E-state index >= 15 is 0 Å². The van der Waals surface area contributed by atoms with Crippen molar-refractivity contribution in [2.24, 2.45) is 0 Å². The molecule has 5 nitrogen and oxygen atoms in total. The van der Waals surface area contributed by atoms with Gasteiger partial charge in [-0.1, -0.05) is 0 Å². The van der Waals surface area contributed by atoms with Crippen LogP contribution in [0.5, 0.6) is 0 Å². The van der Waals surface area contributed by atoms with Crippen LogP contribution in [0.4, 0.5) is 13.2 Å². The quantitative estimate of drug-likeness (QED) is 0.840. The zero-order valence-corrected chi connectivity index (χ0v) is 12.2. The number of amides is 1. The van der Waals surface area contributed by atoms with Crippen LogP contribution in [0, 0.1) is 0 Å². The van der Waals surface area contributed by atoms with Crippen LogP contribution in [-0.2, 0) is 20.4 Å². The van der Waals surface area contributed by atoms with Crippen molar-refractivity contribution in [1.29, 1.82) is 0 Å². The molecule has 2 rings (SSSR count). The molecule has 0 radical (unpaired) electrons. The number of rotatable bonds is 5. The maximum absolute atomic E-state index is 12.4. The van der Waals surface area contributed by atoms with Crippen molar-refractivity contribution in [2.45, 2.75) is 25.1 Å². The Morgan fingerprint density at radius 3 is 2.52 bits per heavy atom. The summed E-state index contributed by atoms with van der Waals surface area (Å²) in [6.45, 7) is 0.521. The predicted octanol–water partition coefficient (Wildman–Crippen LogP) is 2.16. The van der Waals surface area contributed by atoms with Gasteiger partial charge in [0, 0.05) is 13.2 Å². The first kappa shape index (κ1) is 17.3. The highest BCUT2D eigenvalue weighted by molar-refractivity contribution is 5.91. The number of benzene rings is 1. The first-order chi connectivity index (χ1) is 10.9. The topological polar surface area (TPSA) is 64.6 Å². The van der Waals surface area contributed by atoms with Gasteiger partial charge in [-0.2, -0.15) is 13.2 Å². The van der Waals surface area contributed by atoms with E-state index in [2.05, 4.69) is 5.32 Å². The van der Waals surface area contributed by atoms with Crippen molar-refractivity contribution in [3.63, 3.8) is 0 Å². The summed E-state index contributed by atoms with van der Waals surface area (Å²) < 4.78 is 47.3. The number of nitrogens with one attached hydrogen (secondary N) is 1. The van der Waals surface area contributed by atoms with E-state index in [9.17, 15) is 22.8 Å². The highest BCUT2D eigenvalue weighted by atomic mass is 19.4. The van der Waals surface area contributed by atoms with E-state index in [4.69, 9.17) is 9.47 Å². The van der Waals surface area contributed by atoms with Gasteiger partial charge in [0.15, 0.2) is 6.61 Å². The Morgan fingerprint density at radius 1 is 1.26 bits per heavy atom. The molecular weight excluding hydrogens is 315 g/mol. The van der Waals surface area contributed by atoms with Crippen molar-refractivity contribution in [3.8, 4) is 0 Å². The van der Waals surface area contributed by atoms with E-state index in [1.54, 1.807) is 0 Å². The van der Waals surface area contributed by atoms with Crippen LogP contribution in [0.15, 0.2) is 24.3 Å². The molecule has 1 aliphatic heterocycles. The molecule has 1 amide bonds. The maximum Gasteiger partial charge on any atom is 0.416 e. The third-order valence-corrected chi connectivity index (χ3v) is 3.33. The zero-order chi connectivity index (χ0) is 16.9. The van der Waals surface area contributed by atoms with E-state index in [1.807, 2.05) is 0 Å². The number of ether oxygens (including phenoxy) is 2. The largest absolute Gasteiger partial charge is 0.452 e. The number of alkyl halides is 3. The lowest BCUT2D eigenvalue weighted by Crippen LogP contribution is -2.34. The standard InChI is InChI=1S/C15H16F3NO4/c16-15(17,18)11-5-3-10(4-6-11)14(21)23-9-13(20)19-8-12-2-1-7-22-12/h3-6,12H,1-2,7-9H2,(H,19,20)/t12-/m0/s1. The van der Waals surface area contributed by atoms with E-state index in [1.165, 1.54) is 0 Å². The van der Waals surface area contributed by atoms with Gasteiger partial charge in [0.2, 0.25) is 0 Å². The summed E-state index contributed by atoms with van der Waals surface area (Å²) in [5.41, 5.74) is -0.909. The van der Waals surface area contributed by atoms with Crippen molar-refractivity contribution in [3.05, 3.63) is 35.4 Å². The van der Waals surface area contributed by atoms with Gasteiger partial charge in [0.25, 0.3) is 5.91 Å². The minimum absolute atomic E-state index is 0.0236. The Labute approximate surface area is 130 Å². The molecular formula is C15H16F3NO4. The first-order valence-corrected chi connectivity index (χ1v) is 7.09. The molecule has 0 spiro atoms. The lowest BCUT2D eigenvalue weighted by atomic mass is 10.1. The molecule has 126 valence electrons. The third kappa shape index (κ3) is 5.24. The highest BCUT2D eigenvalue weighted by Crippen LogP contribution is 2.29. The second-order valence-corrected chi connectivity index (χ2v) is 5.09. The summed E-state index contributed by atoms with van der Waals surface area (Å²) in [7, 11) is 0. The van der Waals surface area contributed by atoms with Crippen LogP contribution in [0.2, 0.25) is 0 Å². The van der Waals surface area contributed by atoms with Gasteiger partial charge in [-0.15, -0.1) is 0 Å². The maximum atomic E-state index is 12.4. The fourth-order valence-electron chi connectivity index (χ4n) is 2.09. The second-order valence-electron chi connectivity index (χ2n) is 5.09. The molecule has 0 aliphatic carbocycles. The number of hydrogen-bond acceptors (Lipinski definition) is 4. The molecule has 1 saturated heterocycles. The fraction of sp³-hybridized carbons (Fsp3) is 0.467.